The third kappa shape index (κ3) is 4.60. The average Bonchev–Trinajstić information content (AvgIpc) is 2.48. The molecule has 0 aromatic heterocycles. The molecular weight excluding hydrogens is 318 g/mol. The summed E-state index contributed by atoms with van der Waals surface area (Å²) in [6.45, 7) is 2.19. The van der Waals surface area contributed by atoms with Gasteiger partial charge < -0.3 is 10.1 Å². The number of benzene rings is 1. The zero-order chi connectivity index (χ0) is 14.4. The number of methoxy groups -OCH3 is 1. The summed E-state index contributed by atoms with van der Waals surface area (Å²) >= 11 is 3.50. The van der Waals surface area contributed by atoms with Crippen LogP contribution in [0.3, 0.4) is 0 Å². The second-order valence-corrected chi connectivity index (χ2v) is 6.28. The fourth-order valence-corrected chi connectivity index (χ4v) is 3.04. The molecule has 110 valence electrons. The van der Waals surface area contributed by atoms with E-state index in [1.165, 1.54) is 12.8 Å². The molecule has 1 fully saturated rings. The summed E-state index contributed by atoms with van der Waals surface area (Å²) in [5.74, 6) is 1.78. The summed E-state index contributed by atoms with van der Waals surface area (Å²) in [7, 11) is 1.64. The molecule has 0 bridgehead atoms. The molecule has 4 heteroatoms. The number of nitrogens with one attached hydrogen (secondary N) is 1. The van der Waals surface area contributed by atoms with Crippen LogP contribution >= 0.6 is 15.9 Å². The van der Waals surface area contributed by atoms with Gasteiger partial charge in [0.05, 0.1) is 7.11 Å². The number of hydrogen-bond donors (Lipinski definition) is 1. The summed E-state index contributed by atoms with van der Waals surface area (Å²) < 4.78 is 6.18. The number of rotatable bonds is 6. The van der Waals surface area contributed by atoms with Gasteiger partial charge in [0.15, 0.2) is 0 Å². The van der Waals surface area contributed by atoms with Crippen LogP contribution in [0.1, 0.15) is 31.2 Å². The van der Waals surface area contributed by atoms with Crippen LogP contribution in [0.4, 0.5) is 0 Å². The molecule has 0 aliphatic carbocycles. The number of hydrogen-bond acceptors (Lipinski definition) is 3. The van der Waals surface area contributed by atoms with Crippen molar-refractivity contribution in [3.8, 4) is 5.75 Å². The molecule has 1 atom stereocenters. The zero-order valence-corrected chi connectivity index (χ0v) is 13.5. The van der Waals surface area contributed by atoms with Crippen molar-refractivity contribution in [3.63, 3.8) is 0 Å². The molecule has 3 nitrogen and oxygen atoms in total. The lowest BCUT2D eigenvalue weighted by molar-refractivity contribution is -0.118. The Hall–Kier alpha value is -0.870. The van der Waals surface area contributed by atoms with E-state index in [1.807, 2.05) is 18.2 Å². The third-order valence-corrected chi connectivity index (χ3v) is 4.64. The Balaban J connectivity index is 1.84. The van der Waals surface area contributed by atoms with E-state index in [9.17, 15) is 4.79 Å². The zero-order valence-electron chi connectivity index (χ0n) is 12.0. The van der Waals surface area contributed by atoms with Crippen LogP contribution in [0.25, 0.3) is 0 Å². The molecule has 20 heavy (non-hydrogen) atoms. The second-order valence-electron chi connectivity index (χ2n) is 5.42. The minimum absolute atomic E-state index is 0.310. The van der Waals surface area contributed by atoms with E-state index < -0.39 is 0 Å². The number of carbonyl (C=O) groups is 1. The van der Waals surface area contributed by atoms with Gasteiger partial charge in [-0.2, -0.15) is 0 Å². The predicted molar refractivity (Wildman–Crippen MR) is 84.2 cm³/mol. The highest BCUT2D eigenvalue weighted by Crippen LogP contribution is 2.24. The second kappa shape index (κ2) is 7.79. The maximum absolute atomic E-state index is 12.1. The molecule has 1 N–H and O–H groups in total. The minimum atomic E-state index is 0.310. The van der Waals surface area contributed by atoms with E-state index in [1.54, 1.807) is 7.11 Å². The van der Waals surface area contributed by atoms with Gasteiger partial charge in [0.2, 0.25) is 0 Å². The highest BCUT2D eigenvalue weighted by molar-refractivity contribution is 9.10. The van der Waals surface area contributed by atoms with Crippen LogP contribution in [0.5, 0.6) is 5.75 Å². The topological polar surface area (TPSA) is 38.3 Å². The quantitative estimate of drug-likeness (QED) is 0.863. The molecule has 1 aliphatic rings. The van der Waals surface area contributed by atoms with Gasteiger partial charge in [0.25, 0.3) is 0 Å². The molecule has 1 saturated heterocycles. The Labute approximate surface area is 129 Å². The Morgan fingerprint density at radius 2 is 2.35 bits per heavy atom. The van der Waals surface area contributed by atoms with Crippen molar-refractivity contribution in [2.45, 2.75) is 32.1 Å². The van der Waals surface area contributed by atoms with Gasteiger partial charge in [0.1, 0.15) is 11.5 Å². The Morgan fingerprint density at radius 3 is 3.05 bits per heavy atom. The number of ether oxygens (including phenoxy) is 1. The average molecular weight is 340 g/mol. The lowest BCUT2D eigenvalue weighted by Gasteiger charge is -2.22. The van der Waals surface area contributed by atoms with Gasteiger partial charge in [0, 0.05) is 17.3 Å². The Kier molecular flexibility index (Phi) is 6.05. The van der Waals surface area contributed by atoms with Crippen molar-refractivity contribution in [1.82, 2.24) is 5.32 Å². The molecule has 0 amide bonds. The number of Topliss-reactive ketones (excluding diaryl/α,β-unsaturated/α-hetero) is 1. The molecule has 0 saturated carbocycles. The number of carbonyl (C=O) groups excluding carboxylic acids is 1. The van der Waals surface area contributed by atoms with Gasteiger partial charge in [-0.25, -0.2) is 0 Å². The van der Waals surface area contributed by atoms with Crippen molar-refractivity contribution in [2.24, 2.45) is 5.92 Å². The fraction of sp³-hybridized carbons (Fsp3) is 0.562. The Morgan fingerprint density at radius 1 is 1.50 bits per heavy atom. The molecule has 1 aromatic carbocycles. The molecule has 0 radical (unpaired) electrons. The molecule has 1 aromatic rings. The van der Waals surface area contributed by atoms with Crippen molar-refractivity contribution in [2.75, 3.05) is 20.2 Å². The first-order chi connectivity index (χ1) is 9.69. The van der Waals surface area contributed by atoms with E-state index in [0.29, 0.717) is 24.5 Å². The maximum atomic E-state index is 12.1. The SMILES string of the molecule is COc1ccc(Br)c(CC(=O)CCC2CCCNC2)c1. The van der Waals surface area contributed by atoms with Crippen molar-refractivity contribution in [3.05, 3.63) is 28.2 Å². The number of piperidine rings is 1. The van der Waals surface area contributed by atoms with Gasteiger partial charge in [-0.1, -0.05) is 15.9 Å². The highest BCUT2D eigenvalue weighted by Gasteiger charge is 2.15. The predicted octanol–water partition coefficient (Wildman–Crippen LogP) is 3.35. The van der Waals surface area contributed by atoms with Gasteiger partial charge in [-0.15, -0.1) is 0 Å². The first kappa shape index (κ1) is 15.5. The van der Waals surface area contributed by atoms with Crippen LogP contribution in [0.2, 0.25) is 0 Å². The molecule has 1 unspecified atom stereocenters. The van der Waals surface area contributed by atoms with Crippen LogP contribution < -0.4 is 10.1 Å². The van der Waals surface area contributed by atoms with E-state index in [4.69, 9.17) is 4.74 Å². The summed E-state index contributed by atoms with van der Waals surface area (Å²) in [5.41, 5.74) is 1.01. The van der Waals surface area contributed by atoms with E-state index in [-0.39, 0.29) is 0 Å². The van der Waals surface area contributed by atoms with E-state index >= 15 is 0 Å². The monoisotopic (exact) mass is 339 g/mol. The van der Waals surface area contributed by atoms with Crippen molar-refractivity contribution >= 4 is 21.7 Å². The number of ketones is 1. The molecule has 0 spiro atoms. The molecular formula is C16H22BrNO2. The first-order valence-corrected chi connectivity index (χ1v) is 8.03. The van der Waals surface area contributed by atoms with Crippen LogP contribution in [0.15, 0.2) is 22.7 Å². The molecule has 1 heterocycles. The summed E-state index contributed by atoms with van der Waals surface area (Å²) in [5, 5.41) is 3.40. The van der Waals surface area contributed by atoms with Gasteiger partial charge in [-0.3, -0.25) is 4.79 Å². The first-order valence-electron chi connectivity index (χ1n) is 7.24. The molecule has 2 rings (SSSR count). The fourth-order valence-electron chi connectivity index (χ4n) is 2.65. The number of halogens is 1. The Bertz CT molecular complexity index is 456. The van der Waals surface area contributed by atoms with Crippen LogP contribution in [0, 0.1) is 5.92 Å². The smallest absolute Gasteiger partial charge is 0.137 e. The van der Waals surface area contributed by atoms with Crippen molar-refractivity contribution < 1.29 is 9.53 Å². The standard InChI is InChI=1S/C16H22BrNO2/c1-20-15-6-7-16(17)13(10-15)9-14(19)5-4-12-3-2-8-18-11-12/h6-7,10,12,18H,2-5,8-9,11H2,1H3. The lowest BCUT2D eigenvalue weighted by Crippen LogP contribution is -2.30. The lowest BCUT2D eigenvalue weighted by atomic mass is 9.92. The third-order valence-electron chi connectivity index (χ3n) is 3.87. The van der Waals surface area contributed by atoms with Crippen LogP contribution in [-0.4, -0.2) is 26.0 Å². The normalized spacial score (nSPS) is 18.8. The molecule has 1 aliphatic heterocycles. The minimum Gasteiger partial charge on any atom is -0.497 e. The largest absolute Gasteiger partial charge is 0.497 e. The summed E-state index contributed by atoms with van der Waals surface area (Å²) in [4.78, 5) is 12.1. The maximum Gasteiger partial charge on any atom is 0.137 e. The summed E-state index contributed by atoms with van der Waals surface area (Å²) in [6.07, 6.45) is 4.66. The van der Waals surface area contributed by atoms with Gasteiger partial charge >= 0.3 is 0 Å². The van der Waals surface area contributed by atoms with E-state index in [2.05, 4.69) is 21.2 Å². The van der Waals surface area contributed by atoms with E-state index in [0.717, 1.165) is 35.3 Å². The highest BCUT2D eigenvalue weighted by atomic mass is 79.9. The van der Waals surface area contributed by atoms with Crippen molar-refractivity contribution in [1.29, 1.82) is 0 Å². The van der Waals surface area contributed by atoms with Crippen LogP contribution in [-0.2, 0) is 11.2 Å². The van der Waals surface area contributed by atoms with Gasteiger partial charge in [-0.05, 0) is 62.0 Å². The summed E-state index contributed by atoms with van der Waals surface area (Å²) in [6, 6.07) is 5.77.